The summed E-state index contributed by atoms with van der Waals surface area (Å²) >= 11 is 0. The molecule has 57 heavy (non-hydrogen) atoms. The number of nitrogens with one attached hydrogen (secondary N) is 1. The van der Waals surface area contributed by atoms with Crippen LogP contribution in [0, 0.1) is 0 Å². The zero-order valence-electron chi connectivity index (χ0n) is 34.0. The van der Waals surface area contributed by atoms with Gasteiger partial charge in [-0.1, -0.05) is 24.3 Å². The molecule has 0 bridgehead atoms. The number of carbonyl (C=O) groups is 7. The zero-order chi connectivity index (χ0) is 43.6. The van der Waals surface area contributed by atoms with Crippen LogP contribution >= 0.6 is 0 Å². The zero-order valence-corrected chi connectivity index (χ0v) is 34.0. The number of fused-ring (bicyclic) bond motifs is 2. The fourth-order valence-electron chi connectivity index (χ4n) is 4.37. The molecular formula is C39H56N4O14. The van der Waals surface area contributed by atoms with Crippen molar-refractivity contribution in [2.24, 2.45) is 5.90 Å². The molecule has 0 fully saturated rings. The van der Waals surface area contributed by atoms with Gasteiger partial charge in [0.15, 0.2) is 0 Å². The Labute approximate surface area is 332 Å². The van der Waals surface area contributed by atoms with Crippen molar-refractivity contribution in [2.75, 3.05) is 26.4 Å². The van der Waals surface area contributed by atoms with Gasteiger partial charge >= 0.3 is 18.0 Å². The number of aliphatic hydroxyl groups excluding tert-OH is 1. The number of imide groups is 2. The first-order chi connectivity index (χ1) is 26.4. The minimum Gasteiger partial charge on any atom is -0.460 e. The van der Waals surface area contributed by atoms with E-state index in [1.54, 1.807) is 57.2 Å². The Hall–Kier alpha value is -5.27. The van der Waals surface area contributed by atoms with E-state index in [4.69, 9.17) is 35.3 Å². The second-order valence-electron chi connectivity index (χ2n) is 15.2. The maximum absolute atomic E-state index is 12.0. The molecule has 5 N–H and O–H groups in total. The molecular weight excluding hydrogens is 748 g/mol. The van der Waals surface area contributed by atoms with E-state index in [1.165, 1.54) is 12.1 Å². The molecule has 18 nitrogen and oxygen atoms in total. The SMILES string of the molecule is CC(C)(C)OC(=O)CCCO.CC(C)(C)OC(=O)CCCON.CC(C)(C)OC(=O)NCCON1C(=O)c2ccccc2C1=O.O=C1c2ccccc2C(=O)N1O. The third kappa shape index (κ3) is 19.0. The van der Waals surface area contributed by atoms with Gasteiger partial charge in [-0.25, -0.2) is 10.7 Å². The van der Waals surface area contributed by atoms with E-state index in [-0.39, 0.29) is 47.9 Å². The smallest absolute Gasteiger partial charge is 0.407 e. The minimum atomic E-state index is -0.657. The largest absolute Gasteiger partial charge is 0.460 e. The Balaban J connectivity index is 0.000000401. The normalized spacial score (nSPS) is 13.2. The summed E-state index contributed by atoms with van der Waals surface area (Å²) in [5.41, 5.74) is -0.268. The number of alkyl carbamates (subject to hydrolysis) is 1. The number of benzene rings is 2. The van der Waals surface area contributed by atoms with Gasteiger partial charge in [0.05, 0.1) is 35.5 Å². The summed E-state index contributed by atoms with van der Waals surface area (Å²) in [6, 6.07) is 12.8. The molecule has 0 aliphatic carbocycles. The van der Waals surface area contributed by atoms with E-state index in [9.17, 15) is 33.6 Å². The highest BCUT2D eigenvalue weighted by Crippen LogP contribution is 2.23. The van der Waals surface area contributed by atoms with Crippen LogP contribution in [0.2, 0.25) is 0 Å². The van der Waals surface area contributed by atoms with Crippen molar-refractivity contribution >= 4 is 41.7 Å². The lowest BCUT2D eigenvalue weighted by molar-refractivity contribution is -0.156. The average molecular weight is 805 g/mol. The number of aliphatic hydroxyl groups is 1. The molecule has 18 heteroatoms. The monoisotopic (exact) mass is 804 g/mol. The van der Waals surface area contributed by atoms with Crippen LogP contribution < -0.4 is 11.2 Å². The molecule has 5 amide bonds. The summed E-state index contributed by atoms with van der Waals surface area (Å²) in [6.07, 6.45) is 1.15. The van der Waals surface area contributed by atoms with E-state index in [0.717, 1.165) is 0 Å². The van der Waals surface area contributed by atoms with Crippen molar-refractivity contribution in [1.82, 2.24) is 15.4 Å². The third-order valence-electron chi connectivity index (χ3n) is 6.54. The quantitative estimate of drug-likeness (QED) is 0.0609. The lowest BCUT2D eigenvalue weighted by Gasteiger charge is -2.20. The maximum Gasteiger partial charge on any atom is 0.407 e. The first kappa shape index (κ1) is 49.7. The summed E-state index contributed by atoms with van der Waals surface area (Å²) < 4.78 is 15.1. The van der Waals surface area contributed by atoms with Gasteiger partial charge in [-0.3, -0.25) is 38.8 Å². The van der Waals surface area contributed by atoms with Crippen molar-refractivity contribution in [3.8, 4) is 0 Å². The van der Waals surface area contributed by atoms with Crippen molar-refractivity contribution in [3.63, 3.8) is 0 Å². The highest BCUT2D eigenvalue weighted by Gasteiger charge is 2.36. The van der Waals surface area contributed by atoms with Crippen LogP contribution in [0.1, 0.15) is 129 Å². The molecule has 2 aliphatic heterocycles. The van der Waals surface area contributed by atoms with E-state index < -0.39 is 46.5 Å². The Morgan fingerprint density at radius 2 is 1.02 bits per heavy atom. The Morgan fingerprint density at radius 1 is 0.632 bits per heavy atom. The molecule has 2 aromatic rings. The first-order valence-electron chi connectivity index (χ1n) is 18.0. The molecule has 0 spiro atoms. The van der Waals surface area contributed by atoms with Crippen LogP contribution in [0.5, 0.6) is 0 Å². The predicted octanol–water partition coefficient (Wildman–Crippen LogP) is 4.51. The van der Waals surface area contributed by atoms with Gasteiger partial charge in [0.1, 0.15) is 16.8 Å². The van der Waals surface area contributed by atoms with E-state index in [0.29, 0.717) is 48.5 Å². The third-order valence-corrected chi connectivity index (χ3v) is 6.54. The fourth-order valence-corrected chi connectivity index (χ4v) is 4.37. The number of esters is 2. The van der Waals surface area contributed by atoms with Gasteiger partial charge in [-0.2, -0.15) is 0 Å². The number of amides is 5. The number of hydrogen-bond acceptors (Lipinski definition) is 15. The molecule has 2 aromatic carbocycles. The Morgan fingerprint density at radius 3 is 1.39 bits per heavy atom. The number of hydrogen-bond donors (Lipinski definition) is 4. The standard InChI is InChI=1S/C15H18N2O5.C8H5NO3.C8H17NO3.C8H16O3/c1-15(2,3)22-14(20)16-8-9-21-17-12(18)10-6-4-5-7-11(10)13(17)19;10-7-5-3-1-2-4-6(5)8(11)9(7)12;1-8(2,3)12-7(10)5-4-6-11-9;1-8(2,3)11-7(10)5-4-6-9/h4-7H,8-9H2,1-3H3,(H,16,20);1-4,12H;4-6,9H2,1-3H3;9H,4-6H2,1-3H3. The molecule has 2 heterocycles. The van der Waals surface area contributed by atoms with Crippen LogP contribution in [-0.4, -0.2) is 105 Å². The molecule has 0 saturated heterocycles. The first-order valence-corrected chi connectivity index (χ1v) is 18.0. The second-order valence-corrected chi connectivity index (χ2v) is 15.2. The molecule has 0 saturated carbocycles. The summed E-state index contributed by atoms with van der Waals surface area (Å²) in [4.78, 5) is 88.9. The molecule has 4 rings (SSSR count). The summed E-state index contributed by atoms with van der Waals surface area (Å²) in [5.74, 6) is 2.02. The van der Waals surface area contributed by atoms with Gasteiger partial charge < -0.3 is 29.5 Å². The molecule has 0 radical (unpaired) electrons. The van der Waals surface area contributed by atoms with Gasteiger partial charge in [-0.15, -0.1) is 10.1 Å². The molecule has 0 atom stereocenters. The average Bonchev–Trinajstić information content (AvgIpc) is 3.47. The van der Waals surface area contributed by atoms with Crippen LogP contribution in [0.3, 0.4) is 0 Å². The number of nitrogens with zero attached hydrogens (tertiary/aromatic N) is 2. The summed E-state index contributed by atoms with van der Waals surface area (Å²) in [5, 5.41) is 20.6. The van der Waals surface area contributed by atoms with Crippen LogP contribution in [0.25, 0.3) is 0 Å². The summed E-state index contributed by atoms with van der Waals surface area (Å²) in [6.45, 7) is 16.8. The van der Waals surface area contributed by atoms with Gasteiger partial charge in [0, 0.05) is 26.0 Å². The van der Waals surface area contributed by atoms with Crippen molar-refractivity contribution < 1.29 is 67.8 Å². The van der Waals surface area contributed by atoms with Crippen LogP contribution in [0.4, 0.5) is 4.79 Å². The Bertz CT molecular complexity index is 1620. The molecule has 2 aliphatic rings. The van der Waals surface area contributed by atoms with Gasteiger partial charge in [0.25, 0.3) is 23.6 Å². The lowest BCUT2D eigenvalue weighted by Crippen LogP contribution is -2.37. The number of carbonyl (C=O) groups excluding carboxylic acids is 7. The lowest BCUT2D eigenvalue weighted by atomic mass is 10.1. The highest BCUT2D eigenvalue weighted by molar-refractivity contribution is 6.21. The van der Waals surface area contributed by atoms with Crippen LogP contribution in [0.15, 0.2) is 48.5 Å². The summed E-state index contributed by atoms with van der Waals surface area (Å²) in [7, 11) is 0. The fraction of sp³-hybridized carbons (Fsp3) is 0.513. The van der Waals surface area contributed by atoms with E-state index >= 15 is 0 Å². The van der Waals surface area contributed by atoms with Crippen molar-refractivity contribution in [2.45, 2.75) is 105 Å². The van der Waals surface area contributed by atoms with Gasteiger partial charge in [-0.05, 0) is 99.4 Å². The minimum absolute atomic E-state index is 0.0231. The second kappa shape index (κ2) is 23.1. The van der Waals surface area contributed by atoms with Crippen molar-refractivity contribution in [1.29, 1.82) is 0 Å². The van der Waals surface area contributed by atoms with Gasteiger partial charge in [0.2, 0.25) is 0 Å². The Kier molecular flexibility index (Phi) is 20.1. The molecule has 316 valence electrons. The van der Waals surface area contributed by atoms with Crippen molar-refractivity contribution in [3.05, 3.63) is 70.8 Å². The molecule has 0 unspecified atom stereocenters. The number of ether oxygens (including phenoxy) is 3. The molecule has 0 aromatic heterocycles. The number of rotatable bonds is 11. The predicted molar refractivity (Wildman–Crippen MR) is 203 cm³/mol. The number of hydroxylamine groups is 4. The van der Waals surface area contributed by atoms with E-state index in [2.05, 4.69) is 10.2 Å². The topological polar surface area (TPSA) is 251 Å². The van der Waals surface area contributed by atoms with Crippen LogP contribution in [-0.2, 0) is 33.5 Å². The number of nitrogens with two attached hydrogens (primary N) is 1. The van der Waals surface area contributed by atoms with E-state index in [1.807, 2.05) is 41.5 Å². The maximum atomic E-state index is 12.0. The highest BCUT2D eigenvalue weighted by atomic mass is 16.7.